The topological polar surface area (TPSA) is 103 Å². The molecule has 0 bridgehead atoms. The van der Waals surface area contributed by atoms with Gasteiger partial charge in [-0.3, -0.25) is 9.59 Å². The molecular formula is C21H22N2O6. The number of esters is 1. The SMILES string of the molecule is COc1ccc(OC)c(NC(=O)COC(=O)/C(=C/c2ccccc2)NC(C)=O)c1. The second-order valence-electron chi connectivity index (χ2n) is 5.84. The average Bonchev–Trinajstić information content (AvgIpc) is 2.71. The Hall–Kier alpha value is -3.81. The fraction of sp³-hybridized carbons (Fsp3) is 0.190. The zero-order chi connectivity index (χ0) is 21.2. The molecule has 0 saturated heterocycles. The Kier molecular flexibility index (Phi) is 7.78. The molecule has 0 radical (unpaired) electrons. The van der Waals surface area contributed by atoms with Crippen molar-refractivity contribution in [3.63, 3.8) is 0 Å². The van der Waals surface area contributed by atoms with Gasteiger partial charge >= 0.3 is 5.97 Å². The molecule has 8 nitrogen and oxygen atoms in total. The Morgan fingerprint density at radius 1 is 1.00 bits per heavy atom. The molecular weight excluding hydrogens is 376 g/mol. The molecule has 152 valence electrons. The first-order valence-corrected chi connectivity index (χ1v) is 8.66. The fourth-order valence-corrected chi connectivity index (χ4v) is 2.36. The number of carbonyl (C=O) groups excluding carboxylic acids is 3. The quantitative estimate of drug-likeness (QED) is 0.523. The first kappa shape index (κ1) is 21.5. The predicted octanol–water partition coefficient (Wildman–Crippen LogP) is 2.36. The first-order valence-electron chi connectivity index (χ1n) is 8.66. The molecule has 0 aliphatic heterocycles. The minimum atomic E-state index is -0.836. The summed E-state index contributed by atoms with van der Waals surface area (Å²) in [7, 11) is 2.96. The van der Waals surface area contributed by atoms with Gasteiger partial charge in [-0.25, -0.2) is 4.79 Å². The van der Waals surface area contributed by atoms with Crippen molar-refractivity contribution in [1.82, 2.24) is 5.32 Å². The van der Waals surface area contributed by atoms with E-state index in [0.29, 0.717) is 22.7 Å². The van der Waals surface area contributed by atoms with E-state index in [1.807, 2.05) is 6.07 Å². The fourth-order valence-electron chi connectivity index (χ4n) is 2.36. The summed E-state index contributed by atoms with van der Waals surface area (Å²) in [4.78, 5) is 35.9. The molecule has 0 spiro atoms. The number of anilines is 1. The highest BCUT2D eigenvalue weighted by atomic mass is 16.5. The van der Waals surface area contributed by atoms with Crippen molar-refractivity contribution in [2.45, 2.75) is 6.92 Å². The van der Waals surface area contributed by atoms with Gasteiger partial charge < -0.3 is 24.8 Å². The summed E-state index contributed by atoms with van der Waals surface area (Å²) in [6.45, 7) is 0.721. The Balaban J connectivity index is 2.05. The second kappa shape index (κ2) is 10.5. The highest BCUT2D eigenvalue weighted by Crippen LogP contribution is 2.28. The van der Waals surface area contributed by atoms with E-state index in [4.69, 9.17) is 14.2 Å². The molecule has 0 heterocycles. The number of hydrogen-bond acceptors (Lipinski definition) is 6. The van der Waals surface area contributed by atoms with Crippen LogP contribution in [0, 0.1) is 0 Å². The van der Waals surface area contributed by atoms with Gasteiger partial charge in [0.05, 0.1) is 19.9 Å². The molecule has 2 rings (SSSR count). The third-order valence-corrected chi connectivity index (χ3v) is 3.66. The van der Waals surface area contributed by atoms with Crippen LogP contribution < -0.4 is 20.1 Å². The zero-order valence-electron chi connectivity index (χ0n) is 16.4. The second-order valence-corrected chi connectivity index (χ2v) is 5.84. The van der Waals surface area contributed by atoms with Gasteiger partial charge in [-0.1, -0.05) is 30.3 Å². The van der Waals surface area contributed by atoms with Crippen molar-refractivity contribution in [2.75, 3.05) is 26.1 Å². The number of benzene rings is 2. The molecule has 0 fully saturated rings. The number of rotatable bonds is 8. The van der Waals surface area contributed by atoms with Crippen LogP contribution in [-0.4, -0.2) is 38.6 Å². The maximum atomic E-state index is 12.3. The summed E-state index contributed by atoms with van der Waals surface area (Å²) in [6.07, 6.45) is 1.47. The van der Waals surface area contributed by atoms with Gasteiger partial charge in [-0.15, -0.1) is 0 Å². The van der Waals surface area contributed by atoms with Crippen LogP contribution in [0.1, 0.15) is 12.5 Å². The number of ether oxygens (including phenoxy) is 3. The maximum Gasteiger partial charge on any atom is 0.355 e. The van der Waals surface area contributed by atoms with E-state index in [2.05, 4.69) is 10.6 Å². The van der Waals surface area contributed by atoms with Crippen LogP contribution in [-0.2, 0) is 19.1 Å². The van der Waals surface area contributed by atoms with Gasteiger partial charge in [0.15, 0.2) is 6.61 Å². The van der Waals surface area contributed by atoms with E-state index in [0.717, 1.165) is 0 Å². The van der Waals surface area contributed by atoms with Gasteiger partial charge in [0.2, 0.25) is 5.91 Å². The van der Waals surface area contributed by atoms with Crippen molar-refractivity contribution >= 4 is 29.5 Å². The molecule has 0 unspecified atom stereocenters. The van der Waals surface area contributed by atoms with Crippen LogP contribution in [0.4, 0.5) is 5.69 Å². The monoisotopic (exact) mass is 398 g/mol. The lowest BCUT2D eigenvalue weighted by molar-refractivity contribution is -0.144. The number of carbonyl (C=O) groups is 3. The number of amides is 2. The van der Waals surface area contributed by atoms with E-state index >= 15 is 0 Å². The maximum absolute atomic E-state index is 12.3. The van der Waals surface area contributed by atoms with Crippen LogP contribution in [0.25, 0.3) is 6.08 Å². The highest BCUT2D eigenvalue weighted by molar-refractivity contribution is 6.00. The van der Waals surface area contributed by atoms with Crippen LogP contribution >= 0.6 is 0 Å². The van der Waals surface area contributed by atoms with E-state index in [-0.39, 0.29) is 5.70 Å². The largest absolute Gasteiger partial charge is 0.497 e. The summed E-state index contributed by atoms with van der Waals surface area (Å²) >= 11 is 0. The molecule has 8 heteroatoms. The van der Waals surface area contributed by atoms with E-state index in [1.54, 1.807) is 42.5 Å². The normalized spacial score (nSPS) is 10.7. The van der Waals surface area contributed by atoms with Crippen LogP contribution in [0.5, 0.6) is 11.5 Å². The standard InChI is InChI=1S/C21H22N2O6/c1-14(24)22-18(11-15-7-5-4-6-8-15)21(26)29-13-20(25)23-17-12-16(27-2)9-10-19(17)28-3/h4-12H,13H2,1-3H3,(H,22,24)(H,23,25)/b18-11-. The number of hydrogen-bond donors (Lipinski definition) is 2. The van der Waals surface area contributed by atoms with Crippen LogP contribution in [0.3, 0.4) is 0 Å². The molecule has 29 heavy (non-hydrogen) atoms. The van der Waals surface area contributed by atoms with Gasteiger partial charge in [0.1, 0.15) is 17.2 Å². The summed E-state index contributed by atoms with van der Waals surface area (Å²) in [5.41, 5.74) is 0.990. The van der Waals surface area contributed by atoms with E-state index in [9.17, 15) is 14.4 Å². The Labute approximate surface area is 168 Å². The summed E-state index contributed by atoms with van der Waals surface area (Å²) < 4.78 is 15.3. The average molecular weight is 398 g/mol. The van der Waals surface area contributed by atoms with Crippen molar-refractivity contribution in [3.05, 3.63) is 59.8 Å². The molecule has 2 N–H and O–H groups in total. The van der Waals surface area contributed by atoms with Crippen molar-refractivity contribution in [2.24, 2.45) is 0 Å². The van der Waals surface area contributed by atoms with Crippen molar-refractivity contribution in [3.8, 4) is 11.5 Å². The van der Waals surface area contributed by atoms with Crippen molar-refractivity contribution in [1.29, 1.82) is 0 Å². The van der Waals surface area contributed by atoms with E-state index < -0.39 is 24.4 Å². The third kappa shape index (κ3) is 6.69. The Morgan fingerprint density at radius 3 is 2.34 bits per heavy atom. The summed E-state index contributed by atoms with van der Waals surface area (Å²) in [6, 6.07) is 13.8. The Morgan fingerprint density at radius 2 is 1.72 bits per heavy atom. The lowest BCUT2D eigenvalue weighted by Crippen LogP contribution is -2.29. The van der Waals surface area contributed by atoms with Gasteiger partial charge in [0, 0.05) is 13.0 Å². The van der Waals surface area contributed by atoms with Gasteiger partial charge in [0.25, 0.3) is 5.91 Å². The lowest BCUT2D eigenvalue weighted by Gasteiger charge is -2.12. The summed E-state index contributed by atoms with van der Waals surface area (Å²) in [5, 5.41) is 5.01. The van der Waals surface area contributed by atoms with Gasteiger partial charge in [-0.05, 0) is 23.8 Å². The molecule has 2 aromatic rings. The molecule has 2 amide bonds. The molecule has 2 aromatic carbocycles. The van der Waals surface area contributed by atoms with E-state index in [1.165, 1.54) is 27.2 Å². The van der Waals surface area contributed by atoms with Crippen molar-refractivity contribution < 1.29 is 28.6 Å². The first-order chi connectivity index (χ1) is 13.9. The van der Waals surface area contributed by atoms with Crippen LogP contribution in [0.15, 0.2) is 54.2 Å². The molecule has 0 aliphatic rings. The number of nitrogens with one attached hydrogen (secondary N) is 2. The molecule has 0 saturated carbocycles. The summed E-state index contributed by atoms with van der Waals surface area (Å²) in [5.74, 6) is -0.900. The third-order valence-electron chi connectivity index (χ3n) is 3.66. The minimum absolute atomic E-state index is 0.0736. The molecule has 0 atom stereocenters. The highest BCUT2D eigenvalue weighted by Gasteiger charge is 2.16. The number of methoxy groups -OCH3 is 2. The predicted molar refractivity (Wildman–Crippen MR) is 107 cm³/mol. The lowest BCUT2D eigenvalue weighted by atomic mass is 10.2. The van der Waals surface area contributed by atoms with Crippen LogP contribution in [0.2, 0.25) is 0 Å². The Bertz CT molecular complexity index is 909. The molecule has 0 aliphatic carbocycles. The van der Waals surface area contributed by atoms with Gasteiger partial charge in [-0.2, -0.15) is 0 Å². The minimum Gasteiger partial charge on any atom is -0.497 e. The smallest absolute Gasteiger partial charge is 0.355 e. The zero-order valence-corrected chi connectivity index (χ0v) is 16.4. The molecule has 0 aromatic heterocycles.